The highest BCUT2D eigenvalue weighted by Crippen LogP contribution is 2.05. The van der Waals surface area contributed by atoms with Gasteiger partial charge >= 0.3 is 0 Å². The van der Waals surface area contributed by atoms with Crippen molar-refractivity contribution in [2.24, 2.45) is 0 Å². The number of hydrogen-bond acceptors (Lipinski definition) is 1. The van der Waals surface area contributed by atoms with Crippen LogP contribution in [0.5, 0.6) is 0 Å². The zero-order valence-corrected chi connectivity index (χ0v) is 5.24. The molecule has 0 spiro atoms. The number of aryl methyl sites for hydroxylation is 1. The van der Waals surface area contributed by atoms with Crippen LogP contribution in [0.15, 0.2) is 12.1 Å². The molecule has 1 rings (SSSR count). The lowest BCUT2D eigenvalue weighted by Crippen LogP contribution is -1.76. The molecule has 0 amide bonds. The van der Waals surface area contributed by atoms with E-state index in [1.165, 1.54) is 0 Å². The smallest absolute Gasteiger partial charge is 0.0904 e. The number of rotatable bonds is 0. The first kappa shape index (κ1) is 5.57. The molecule has 0 aliphatic heterocycles. The Balaban J connectivity index is 3.08. The van der Waals surface area contributed by atoms with E-state index in [0.29, 0.717) is 5.02 Å². The molecule has 1 aromatic heterocycles. The maximum atomic E-state index is 5.57. The summed E-state index contributed by atoms with van der Waals surface area (Å²) in [5.74, 6) is 0. The first-order valence-corrected chi connectivity index (χ1v) is 2.67. The highest BCUT2D eigenvalue weighted by molar-refractivity contribution is 6.30. The summed E-state index contributed by atoms with van der Waals surface area (Å²) in [6.45, 7) is 1.88. The van der Waals surface area contributed by atoms with Crippen LogP contribution in [0.25, 0.3) is 0 Å². The molecule has 0 N–H and O–H groups in total. The van der Waals surface area contributed by atoms with E-state index in [1.54, 1.807) is 12.1 Å². The largest absolute Gasteiger partial charge is 0.251 e. The van der Waals surface area contributed by atoms with Gasteiger partial charge in [-0.1, -0.05) is 11.6 Å². The lowest BCUT2D eigenvalue weighted by molar-refractivity contribution is 1.19. The topological polar surface area (TPSA) is 12.9 Å². The molecule has 0 unspecified atom stereocenters. The minimum Gasteiger partial charge on any atom is -0.251 e. The van der Waals surface area contributed by atoms with Crippen molar-refractivity contribution in [1.82, 2.24) is 4.98 Å². The molecule has 1 nitrogen and oxygen atoms in total. The van der Waals surface area contributed by atoms with E-state index >= 15 is 0 Å². The van der Waals surface area contributed by atoms with Gasteiger partial charge in [0.15, 0.2) is 0 Å². The molecule has 0 aliphatic carbocycles. The van der Waals surface area contributed by atoms with Crippen LogP contribution in [0.1, 0.15) is 5.69 Å². The zero-order valence-electron chi connectivity index (χ0n) is 4.48. The third-order valence-corrected chi connectivity index (χ3v) is 1.01. The van der Waals surface area contributed by atoms with Crippen molar-refractivity contribution in [2.75, 3.05) is 0 Å². The van der Waals surface area contributed by atoms with Crippen LogP contribution in [0, 0.1) is 13.1 Å². The van der Waals surface area contributed by atoms with E-state index in [0.717, 1.165) is 5.69 Å². The number of hydrogen-bond donors (Lipinski definition) is 0. The van der Waals surface area contributed by atoms with Crippen molar-refractivity contribution in [2.45, 2.75) is 6.92 Å². The molecule has 0 fully saturated rings. The van der Waals surface area contributed by atoms with E-state index in [4.69, 9.17) is 11.6 Å². The van der Waals surface area contributed by atoms with Gasteiger partial charge < -0.3 is 0 Å². The SMILES string of the molecule is Cc1cc(Cl)c[c]n1. The normalized spacial score (nSPS) is 9.25. The van der Waals surface area contributed by atoms with Gasteiger partial charge in [-0.15, -0.1) is 0 Å². The third kappa shape index (κ3) is 1.20. The number of halogens is 1. The Bertz CT molecular complexity index is 168. The van der Waals surface area contributed by atoms with Gasteiger partial charge in [-0.3, -0.25) is 4.98 Å². The maximum absolute atomic E-state index is 5.57. The quantitative estimate of drug-likeness (QED) is 0.517. The molecule has 1 heterocycles. The Morgan fingerprint density at radius 1 is 1.75 bits per heavy atom. The van der Waals surface area contributed by atoms with E-state index in [9.17, 15) is 0 Å². The molecular formula is C6H5ClN. The predicted octanol–water partition coefficient (Wildman–Crippen LogP) is 1.84. The van der Waals surface area contributed by atoms with E-state index in [-0.39, 0.29) is 0 Å². The summed E-state index contributed by atoms with van der Waals surface area (Å²) in [6.07, 6.45) is 2.65. The molecule has 1 aromatic rings. The standard InChI is InChI=1S/C6H5ClN/c1-5-4-6(7)2-3-8-5/h2,4H,1H3. The lowest BCUT2D eigenvalue weighted by atomic mass is 10.4. The zero-order chi connectivity index (χ0) is 5.98. The highest BCUT2D eigenvalue weighted by Gasteiger charge is 1.84. The van der Waals surface area contributed by atoms with Crippen molar-refractivity contribution in [1.29, 1.82) is 0 Å². The second-order valence-corrected chi connectivity index (χ2v) is 1.99. The highest BCUT2D eigenvalue weighted by atomic mass is 35.5. The summed E-state index contributed by atoms with van der Waals surface area (Å²) in [4.78, 5) is 3.83. The molecule has 41 valence electrons. The molecule has 0 aromatic carbocycles. The molecule has 1 radical (unpaired) electrons. The fourth-order valence-corrected chi connectivity index (χ4v) is 0.676. The van der Waals surface area contributed by atoms with Crippen LogP contribution >= 0.6 is 11.6 Å². The Kier molecular flexibility index (Phi) is 1.49. The van der Waals surface area contributed by atoms with Gasteiger partial charge in [0.2, 0.25) is 0 Å². The van der Waals surface area contributed by atoms with Crippen LogP contribution in [-0.4, -0.2) is 4.98 Å². The van der Waals surface area contributed by atoms with Gasteiger partial charge in [-0.25, -0.2) is 0 Å². The summed E-state index contributed by atoms with van der Waals surface area (Å²) in [5, 5.41) is 0.692. The first-order chi connectivity index (χ1) is 3.79. The van der Waals surface area contributed by atoms with Crippen LogP contribution in [0.2, 0.25) is 5.02 Å². The van der Waals surface area contributed by atoms with Gasteiger partial charge in [0.25, 0.3) is 0 Å². The van der Waals surface area contributed by atoms with Gasteiger partial charge in [-0.2, -0.15) is 0 Å². The average Bonchev–Trinajstić information content (AvgIpc) is 1.64. The minimum atomic E-state index is 0.692. The molecule has 8 heavy (non-hydrogen) atoms. The Morgan fingerprint density at radius 2 is 2.50 bits per heavy atom. The summed E-state index contributed by atoms with van der Waals surface area (Å²) in [6, 6.07) is 3.42. The van der Waals surface area contributed by atoms with Crippen molar-refractivity contribution >= 4 is 11.6 Å². The molecule has 0 saturated heterocycles. The number of aromatic nitrogens is 1. The second-order valence-electron chi connectivity index (χ2n) is 1.56. The fraction of sp³-hybridized carbons (Fsp3) is 0.167. The van der Waals surface area contributed by atoms with Crippen LogP contribution in [-0.2, 0) is 0 Å². The van der Waals surface area contributed by atoms with Crippen LogP contribution < -0.4 is 0 Å². The Hall–Kier alpha value is -0.560. The average molecular weight is 127 g/mol. The van der Waals surface area contributed by atoms with Gasteiger partial charge in [-0.05, 0) is 19.1 Å². The van der Waals surface area contributed by atoms with Gasteiger partial charge in [0.1, 0.15) is 0 Å². The van der Waals surface area contributed by atoms with E-state index < -0.39 is 0 Å². The monoisotopic (exact) mass is 126 g/mol. The molecule has 2 heteroatoms. The minimum absolute atomic E-state index is 0.692. The van der Waals surface area contributed by atoms with Gasteiger partial charge in [0.05, 0.1) is 6.20 Å². The Labute approximate surface area is 53.3 Å². The van der Waals surface area contributed by atoms with Crippen molar-refractivity contribution in [3.8, 4) is 0 Å². The second kappa shape index (κ2) is 2.14. The lowest BCUT2D eigenvalue weighted by Gasteiger charge is -1.87. The van der Waals surface area contributed by atoms with Crippen LogP contribution in [0.4, 0.5) is 0 Å². The van der Waals surface area contributed by atoms with Gasteiger partial charge in [0, 0.05) is 10.7 Å². The molecule has 0 saturated carbocycles. The predicted molar refractivity (Wildman–Crippen MR) is 32.8 cm³/mol. The first-order valence-electron chi connectivity index (χ1n) is 2.29. The molecule has 0 atom stereocenters. The molecular weight excluding hydrogens is 122 g/mol. The summed E-state index contributed by atoms with van der Waals surface area (Å²) >= 11 is 5.57. The summed E-state index contributed by atoms with van der Waals surface area (Å²) < 4.78 is 0. The van der Waals surface area contributed by atoms with Crippen molar-refractivity contribution in [3.63, 3.8) is 0 Å². The van der Waals surface area contributed by atoms with E-state index in [2.05, 4.69) is 11.2 Å². The Morgan fingerprint density at radius 3 is 2.88 bits per heavy atom. The molecule has 0 aliphatic rings. The number of pyridine rings is 1. The number of nitrogens with zero attached hydrogens (tertiary/aromatic N) is 1. The summed E-state index contributed by atoms with van der Waals surface area (Å²) in [5.41, 5.74) is 0.900. The van der Waals surface area contributed by atoms with E-state index in [1.807, 2.05) is 6.92 Å². The summed E-state index contributed by atoms with van der Waals surface area (Å²) in [7, 11) is 0. The van der Waals surface area contributed by atoms with Crippen molar-refractivity contribution < 1.29 is 0 Å². The molecule has 0 bridgehead atoms. The fourth-order valence-electron chi connectivity index (χ4n) is 0.469. The third-order valence-electron chi connectivity index (χ3n) is 0.790. The maximum Gasteiger partial charge on any atom is 0.0904 e. The van der Waals surface area contributed by atoms with Crippen LogP contribution in [0.3, 0.4) is 0 Å². The van der Waals surface area contributed by atoms with Crippen molar-refractivity contribution in [3.05, 3.63) is 29.0 Å².